The van der Waals surface area contributed by atoms with Crippen LogP contribution in [0.2, 0.25) is 0 Å². The van der Waals surface area contributed by atoms with Crippen molar-refractivity contribution in [2.45, 2.75) is 25.3 Å². The van der Waals surface area contributed by atoms with Gasteiger partial charge in [0.15, 0.2) is 0 Å². The summed E-state index contributed by atoms with van der Waals surface area (Å²) in [6, 6.07) is 12.2. The molecule has 0 aromatic heterocycles. The summed E-state index contributed by atoms with van der Waals surface area (Å²) < 4.78 is 0. The number of rotatable bonds is 9. The molecule has 0 saturated carbocycles. The summed E-state index contributed by atoms with van der Waals surface area (Å²) in [7, 11) is 0. The number of nitrogens with one attached hydrogen (secondary N) is 2. The number of benzene rings is 2. The Kier molecular flexibility index (Phi) is 6.91. The molecule has 1 unspecified atom stereocenters. The topological polar surface area (TPSA) is 95.5 Å². The van der Waals surface area contributed by atoms with Crippen molar-refractivity contribution in [2.75, 3.05) is 6.54 Å². The van der Waals surface area contributed by atoms with Crippen LogP contribution in [0.4, 0.5) is 0 Å². The zero-order chi connectivity index (χ0) is 18.9. The average Bonchev–Trinajstić information content (AvgIpc) is 2.64. The quantitative estimate of drug-likeness (QED) is 0.603. The van der Waals surface area contributed by atoms with E-state index in [0.717, 1.165) is 10.8 Å². The van der Waals surface area contributed by atoms with Crippen LogP contribution in [0.15, 0.2) is 55.1 Å². The van der Waals surface area contributed by atoms with E-state index in [1.807, 2.05) is 30.3 Å². The number of carboxylic acids is 1. The largest absolute Gasteiger partial charge is 0.480 e. The van der Waals surface area contributed by atoms with Crippen molar-refractivity contribution in [3.8, 4) is 0 Å². The number of hydrogen-bond donors (Lipinski definition) is 3. The van der Waals surface area contributed by atoms with Gasteiger partial charge in [0.1, 0.15) is 6.04 Å². The van der Waals surface area contributed by atoms with Crippen LogP contribution in [0.5, 0.6) is 0 Å². The lowest BCUT2D eigenvalue weighted by Crippen LogP contribution is -2.41. The Morgan fingerprint density at radius 3 is 2.54 bits per heavy atom. The fourth-order valence-electron chi connectivity index (χ4n) is 2.53. The molecule has 0 aliphatic heterocycles. The summed E-state index contributed by atoms with van der Waals surface area (Å²) in [4.78, 5) is 35.2. The van der Waals surface area contributed by atoms with E-state index in [4.69, 9.17) is 5.11 Å². The molecule has 0 heterocycles. The Morgan fingerprint density at radius 1 is 1.12 bits per heavy atom. The molecule has 0 bridgehead atoms. The van der Waals surface area contributed by atoms with Crippen molar-refractivity contribution in [1.82, 2.24) is 10.6 Å². The van der Waals surface area contributed by atoms with Gasteiger partial charge < -0.3 is 15.7 Å². The molecule has 3 N–H and O–H groups in total. The summed E-state index contributed by atoms with van der Waals surface area (Å²) in [5, 5.41) is 16.2. The molecule has 0 aliphatic carbocycles. The maximum Gasteiger partial charge on any atom is 0.326 e. The maximum absolute atomic E-state index is 12.2. The molecule has 2 aromatic rings. The van der Waals surface area contributed by atoms with Crippen LogP contribution < -0.4 is 10.6 Å². The molecule has 0 spiro atoms. The van der Waals surface area contributed by atoms with E-state index in [-0.39, 0.29) is 25.3 Å². The van der Waals surface area contributed by atoms with Crippen molar-refractivity contribution in [3.63, 3.8) is 0 Å². The highest BCUT2D eigenvalue weighted by Gasteiger charge is 2.18. The van der Waals surface area contributed by atoms with Gasteiger partial charge in [0, 0.05) is 18.5 Å². The Bertz CT molecular complexity index is 816. The Balaban J connectivity index is 1.83. The van der Waals surface area contributed by atoms with E-state index in [1.54, 1.807) is 18.2 Å². The average molecular weight is 354 g/mol. The van der Waals surface area contributed by atoms with Gasteiger partial charge in [0.05, 0.1) is 0 Å². The fourth-order valence-corrected chi connectivity index (χ4v) is 2.53. The zero-order valence-electron chi connectivity index (χ0n) is 14.4. The third kappa shape index (κ3) is 5.44. The number of allylic oxidation sites excluding steroid dienone is 1. The molecular formula is C20H22N2O4. The summed E-state index contributed by atoms with van der Waals surface area (Å²) in [5.74, 6) is -1.77. The molecular weight excluding hydrogens is 332 g/mol. The number of hydrogen-bond acceptors (Lipinski definition) is 3. The van der Waals surface area contributed by atoms with Crippen LogP contribution in [-0.4, -0.2) is 35.5 Å². The molecule has 0 radical (unpaired) electrons. The van der Waals surface area contributed by atoms with Crippen LogP contribution in [0, 0.1) is 0 Å². The first-order valence-electron chi connectivity index (χ1n) is 8.41. The first kappa shape index (κ1) is 19.2. The van der Waals surface area contributed by atoms with E-state index >= 15 is 0 Å². The van der Waals surface area contributed by atoms with Crippen LogP contribution in [0.3, 0.4) is 0 Å². The minimum Gasteiger partial charge on any atom is -0.480 e. The molecule has 0 aliphatic rings. The van der Waals surface area contributed by atoms with Gasteiger partial charge in [0.25, 0.3) is 5.91 Å². The van der Waals surface area contributed by atoms with E-state index in [9.17, 15) is 14.4 Å². The van der Waals surface area contributed by atoms with Gasteiger partial charge in [-0.25, -0.2) is 4.79 Å². The summed E-state index contributed by atoms with van der Waals surface area (Å²) in [6.45, 7) is 3.66. The normalized spacial score (nSPS) is 11.5. The number of fused-ring (bicyclic) bond motifs is 1. The summed E-state index contributed by atoms with van der Waals surface area (Å²) in [5.41, 5.74) is 0.513. The molecule has 1 atom stereocenters. The van der Waals surface area contributed by atoms with Crippen molar-refractivity contribution >= 4 is 28.6 Å². The minimum atomic E-state index is -1.08. The zero-order valence-corrected chi connectivity index (χ0v) is 14.4. The van der Waals surface area contributed by atoms with Gasteiger partial charge in [0.2, 0.25) is 5.91 Å². The molecule has 136 valence electrons. The summed E-state index contributed by atoms with van der Waals surface area (Å²) >= 11 is 0. The number of amides is 2. The monoisotopic (exact) mass is 354 g/mol. The van der Waals surface area contributed by atoms with Crippen molar-refractivity contribution in [2.24, 2.45) is 0 Å². The van der Waals surface area contributed by atoms with E-state index in [0.29, 0.717) is 12.0 Å². The highest BCUT2D eigenvalue weighted by atomic mass is 16.4. The third-order valence-corrected chi connectivity index (χ3v) is 3.94. The second-order valence-electron chi connectivity index (χ2n) is 5.89. The van der Waals surface area contributed by atoms with Crippen molar-refractivity contribution < 1.29 is 19.5 Å². The second kappa shape index (κ2) is 9.36. The lowest BCUT2D eigenvalue weighted by Gasteiger charge is -2.13. The van der Waals surface area contributed by atoms with E-state index < -0.39 is 17.9 Å². The van der Waals surface area contributed by atoms with Gasteiger partial charge in [-0.2, -0.15) is 0 Å². The predicted molar refractivity (Wildman–Crippen MR) is 99.9 cm³/mol. The lowest BCUT2D eigenvalue weighted by molar-refractivity contribution is -0.142. The molecule has 2 amide bonds. The van der Waals surface area contributed by atoms with E-state index in [2.05, 4.69) is 17.2 Å². The SMILES string of the molecule is C=CCCC(NC(=O)CCNC(=O)c1ccc2ccccc2c1)C(=O)O. The molecule has 6 heteroatoms. The molecule has 0 fully saturated rings. The predicted octanol–water partition coefficient (Wildman–Crippen LogP) is 2.50. The first-order chi connectivity index (χ1) is 12.5. The number of aliphatic carboxylic acids is 1. The van der Waals surface area contributed by atoms with Gasteiger partial charge in [-0.15, -0.1) is 6.58 Å². The van der Waals surface area contributed by atoms with Gasteiger partial charge in [-0.3, -0.25) is 9.59 Å². The molecule has 2 aromatic carbocycles. The molecule has 0 saturated heterocycles. The van der Waals surface area contributed by atoms with Crippen LogP contribution >= 0.6 is 0 Å². The Labute approximate surface area is 151 Å². The molecule has 6 nitrogen and oxygen atoms in total. The highest BCUT2D eigenvalue weighted by molar-refractivity contribution is 5.98. The number of carbonyl (C=O) groups excluding carboxylic acids is 2. The second-order valence-corrected chi connectivity index (χ2v) is 5.89. The highest BCUT2D eigenvalue weighted by Crippen LogP contribution is 2.15. The Morgan fingerprint density at radius 2 is 1.85 bits per heavy atom. The van der Waals surface area contributed by atoms with Crippen LogP contribution in [0.25, 0.3) is 10.8 Å². The van der Waals surface area contributed by atoms with Crippen molar-refractivity contribution in [1.29, 1.82) is 0 Å². The van der Waals surface area contributed by atoms with Gasteiger partial charge in [-0.1, -0.05) is 36.4 Å². The first-order valence-corrected chi connectivity index (χ1v) is 8.41. The maximum atomic E-state index is 12.2. The number of carbonyl (C=O) groups is 3. The van der Waals surface area contributed by atoms with Crippen LogP contribution in [0.1, 0.15) is 29.6 Å². The number of carboxylic acid groups (broad SMARTS) is 1. The standard InChI is InChI=1S/C20H22N2O4/c1-2-3-8-17(20(25)26)22-18(23)11-12-21-19(24)16-10-9-14-6-4-5-7-15(14)13-16/h2,4-7,9-10,13,17H,1,3,8,11-12H2,(H,21,24)(H,22,23)(H,25,26). The molecule has 2 rings (SSSR count). The van der Waals surface area contributed by atoms with Crippen LogP contribution in [-0.2, 0) is 9.59 Å². The fraction of sp³-hybridized carbons (Fsp3) is 0.250. The summed E-state index contributed by atoms with van der Waals surface area (Å²) in [6.07, 6.45) is 2.40. The minimum absolute atomic E-state index is 0.0111. The molecule has 26 heavy (non-hydrogen) atoms. The third-order valence-electron chi connectivity index (χ3n) is 3.94. The lowest BCUT2D eigenvalue weighted by atomic mass is 10.1. The van der Waals surface area contributed by atoms with Crippen molar-refractivity contribution in [3.05, 3.63) is 60.7 Å². The van der Waals surface area contributed by atoms with Gasteiger partial charge >= 0.3 is 5.97 Å². The Hall–Kier alpha value is -3.15. The van der Waals surface area contributed by atoms with E-state index in [1.165, 1.54) is 0 Å². The smallest absolute Gasteiger partial charge is 0.326 e. The van der Waals surface area contributed by atoms with Gasteiger partial charge in [-0.05, 0) is 35.7 Å².